The lowest BCUT2D eigenvalue weighted by Crippen LogP contribution is -2.42. The zero-order chi connectivity index (χ0) is 18.8. The van der Waals surface area contributed by atoms with Crippen molar-refractivity contribution < 1.29 is 9.53 Å². The molecule has 0 aliphatic carbocycles. The minimum Gasteiger partial charge on any atom is -0.490 e. The fourth-order valence-electron chi connectivity index (χ4n) is 3.38. The number of fused-ring (bicyclic) bond motifs is 1. The molecule has 1 saturated heterocycles. The summed E-state index contributed by atoms with van der Waals surface area (Å²) in [6.45, 7) is 1.22. The molecule has 5 heteroatoms. The van der Waals surface area contributed by atoms with Crippen LogP contribution in [0.3, 0.4) is 0 Å². The first-order chi connectivity index (χ1) is 13.1. The van der Waals surface area contributed by atoms with Gasteiger partial charge in [0.05, 0.1) is 15.6 Å². The van der Waals surface area contributed by atoms with Crippen LogP contribution in [0.4, 0.5) is 0 Å². The van der Waals surface area contributed by atoms with Gasteiger partial charge in [0.15, 0.2) is 0 Å². The molecule has 3 aromatic carbocycles. The predicted molar refractivity (Wildman–Crippen MR) is 109 cm³/mol. The fourth-order valence-corrected chi connectivity index (χ4v) is 3.94. The number of amides is 1. The molecule has 1 heterocycles. The molecule has 1 amide bonds. The van der Waals surface area contributed by atoms with Crippen molar-refractivity contribution in [3.05, 3.63) is 76.3 Å². The van der Waals surface area contributed by atoms with E-state index in [0.717, 1.165) is 29.4 Å². The molecule has 4 rings (SSSR count). The maximum atomic E-state index is 12.8. The van der Waals surface area contributed by atoms with Gasteiger partial charge in [-0.05, 0) is 29.0 Å². The normalized spacial score (nSPS) is 15.1. The van der Waals surface area contributed by atoms with Gasteiger partial charge in [0.1, 0.15) is 11.9 Å². The molecule has 0 spiro atoms. The van der Waals surface area contributed by atoms with Gasteiger partial charge >= 0.3 is 0 Å². The lowest BCUT2D eigenvalue weighted by Gasteiger charge is -2.32. The number of likely N-dealkylation sites (tertiary alicyclic amines) is 1. The highest BCUT2D eigenvalue weighted by Gasteiger charge is 2.27. The summed E-state index contributed by atoms with van der Waals surface area (Å²) < 4.78 is 6.10. The third kappa shape index (κ3) is 3.90. The summed E-state index contributed by atoms with van der Waals surface area (Å²) in [6.07, 6.45) is 1.58. The van der Waals surface area contributed by atoms with Crippen molar-refractivity contribution in [2.75, 3.05) is 13.1 Å². The zero-order valence-corrected chi connectivity index (χ0v) is 16.1. The first kappa shape index (κ1) is 18.1. The highest BCUT2D eigenvalue weighted by atomic mass is 35.5. The van der Waals surface area contributed by atoms with Crippen molar-refractivity contribution in [3.63, 3.8) is 0 Å². The predicted octanol–water partition coefficient (Wildman–Crippen LogP) is 5.63. The number of hydrogen-bond donors (Lipinski definition) is 0. The Bertz CT molecular complexity index is 961. The molecule has 3 nitrogen and oxygen atoms in total. The molecule has 1 aliphatic rings. The number of halogens is 2. The molecule has 0 unspecified atom stereocenters. The van der Waals surface area contributed by atoms with E-state index in [1.165, 1.54) is 0 Å². The molecule has 1 aliphatic heterocycles. The van der Waals surface area contributed by atoms with E-state index in [9.17, 15) is 4.79 Å². The van der Waals surface area contributed by atoms with Crippen LogP contribution in [0.15, 0.2) is 54.6 Å². The van der Waals surface area contributed by atoms with E-state index in [1.54, 1.807) is 23.1 Å². The standard InChI is InChI=1S/C22H18Cl2NO2/c23-19-6-3-7-20(24)21(19)22(26)25-12-10-17(11-13-25)27-18-9-8-15-4-1-2-5-16(15)14-18/h1-9,17H,10-13H2. The Kier molecular flexibility index (Phi) is 5.24. The molecule has 0 bridgehead atoms. The van der Waals surface area contributed by atoms with Crippen molar-refractivity contribution in [3.8, 4) is 5.75 Å². The third-order valence-corrected chi connectivity index (χ3v) is 5.46. The van der Waals surface area contributed by atoms with Gasteiger partial charge in [0.25, 0.3) is 5.91 Å². The van der Waals surface area contributed by atoms with E-state index in [1.807, 2.05) is 30.3 Å². The van der Waals surface area contributed by atoms with Crippen LogP contribution in [0, 0.1) is 6.07 Å². The minimum atomic E-state index is -0.124. The SMILES string of the molecule is O=C(c1c(Cl)cccc1Cl)N1CCC(Oc2[c]c3ccccc3cc2)CC1. The summed E-state index contributed by atoms with van der Waals surface area (Å²) in [5.41, 5.74) is 0.378. The molecule has 0 N–H and O–H groups in total. The number of nitrogens with zero attached hydrogens (tertiary/aromatic N) is 1. The molecule has 0 atom stereocenters. The van der Waals surface area contributed by atoms with E-state index >= 15 is 0 Å². The van der Waals surface area contributed by atoms with Crippen molar-refractivity contribution in [2.45, 2.75) is 18.9 Å². The van der Waals surface area contributed by atoms with Crippen LogP contribution in [-0.4, -0.2) is 30.0 Å². The molecule has 27 heavy (non-hydrogen) atoms. The molecular weight excluding hydrogens is 381 g/mol. The van der Waals surface area contributed by atoms with Crippen LogP contribution in [-0.2, 0) is 0 Å². The van der Waals surface area contributed by atoms with Gasteiger partial charge in [0.2, 0.25) is 0 Å². The topological polar surface area (TPSA) is 29.5 Å². The lowest BCUT2D eigenvalue weighted by molar-refractivity contribution is 0.0596. The maximum absolute atomic E-state index is 12.8. The number of carbonyl (C=O) groups is 1. The largest absolute Gasteiger partial charge is 0.490 e. The van der Waals surface area contributed by atoms with E-state index < -0.39 is 0 Å². The number of piperidine rings is 1. The van der Waals surface area contributed by atoms with Gasteiger partial charge in [-0.25, -0.2) is 0 Å². The van der Waals surface area contributed by atoms with Gasteiger partial charge in [-0.3, -0.25) is 4.79 Å². The summed E-state index contributed by atoms with van der Waals surface area (Å²) in [4.78, 5) is 14.6. The Labute approximate surface area is 168 Å². The fraction of sp³-hybridized carbons (Fsp3) is 0.227. The second kappa shape index (κ2) is 7.79. The van der Waals surface area contributed by atoms with Crippen molar-refractivity contribution in [1.82, 2.24) is 4.90 Å². The van der Waals surface area contributed by atoms with Crippen LogP contribution < -0.4 is 4.74 Å². The maximum Gasteiger partial charge on any atom is 0.256 e. The Morgan fingerprint density at radius 1 is 0.963 bits per heavy atom. The van der Waals surface area contributed by atoms with Crippen molar-refractivity contribution >= 4 is 39.9 Å². The Balaban J connectivity index is 1.40. The third-order valence-electron chi connectivity index (χ3n) is 4.83. The lowest BCUT2D eigenvalue weighted by atomic mass is 10.1. The zero-order valence-electron chi connectivity index (χ0n) is 14.6. The van der Waals surface area contributed by atoms with Crippen molar-refractivity contribution in [1.29, 1.82) is 0 Å². The minimum absolute atomic E-state index is 0.0631. The van der Waals surface area contributed by atoms with Gasteiger partial charge < -0.3 is 9.64 Å². The quantitative estimate of drug-likeness (QED) is 0.571. The molecule has 1 fully saturated rings. The summed E-state index contributed by atoms with van der Waals surface area (Å²) >= 11 is 12.3. The van der Waals surface area contributed by atoms with Gasteiger partial charge in [-0.1, -0.05) is 59.6 Å². The Hall–Kier alpha value is -2.23. The van der Waals surface area contributed by atoms with E-state index in [2.05, 4.69) is 12.1 Å². The van der Waals surface area contributed by atoms with Crippen LogP contribution in [0.2, 0.25) is 10.0 Å². The van der Waals surface area contributed by atoms with Crippen LogP contribution >= 0.6 is 23.2 Å². The monoisotopic (exact) mass is 398 g/mol. The molecule has 3 aromatic rings. The van der Waals surface area contributed by atoms with Crippen LogP contribution in [0.1, 0.15) is 23.2 Å². The average molecular weight is 399 g/mol. The first-order valence-electron chi connectivity index (χ1n) is 8.93. The van der Waals surface area contributed by atoms with Crippen molar-refractivity contribution in [2.24, 2.45) is 0 Å². The number of ether oxygens (including phenoxy) is 1. The summed E-state index contributed by atoms with van der Waals surface area (Å²) in [5.74, 6) is 0.619. The second-order valence-corrected chi connectivity index (χ2v) is 7.43. The van der Waals surface area contributed by atoms with Gasteiger partial charge in [0, 0.05) is 32.0 Å². The van der Waals surface area contributed by atoms with Crippen LogP contribution in [0.25, 0.3) is 10.8 Å². The Morgan fingerprint density at radius 2 is 1.67 bits per heavy atom. The Morgan fingerprint density at radius 3 is 2.41 bits per heavy atom. The second-order valence-electron chi connectivity index (χ2n) is 6.62. The molecular formula is C22H18Cl2NO2. The summed E-state index contributed by atoms with van der Waals surface area (Å²) in [5, 5.41) is 2.95. The van der Waals surface area contributed by atoms with Gasteiger partial charge in [-0.15, -0.1) is 0 Å². The van der Waals surface area contributed by atoms with Gasteiger partial charge in [-0.2, -0.15) is 0 Å². The summed E-state index contributed by atoms with van der Waals surface area (Å²) in [6, 6.07) is 20.5. The number of hydrogen-bond acceptors (Lipinski definition) is 2. The smallest absolute Gasteiger partial charge is 0.256 e. The average Bonchev–Trinajstić information content (AvgIpc) is 2.68. The molecule has 1 radical (unpaired) electrons. The van der Waals surface area contributed by atoms with E-state index in [0.29, 0.717) is 28.7 Å². The summed E-state index contributed by atoms with van der Waals surface area (Å²) in [7, 11) is 0. The molecule has 0 aromatic heterocycles. The number of rotatable bonds is 3. The number of carbonyl (C=O) groups excluding carboxylic acids is 1. The van der Waals surface area contributed by atoms with E-state index in [-0.39, 0.29) is 12.0 Å². The molecule has 0 saturated carbocycles. The highest BCUT2D eigenvalue weighted by molar-refractivity contribution is 6.39. The van der Waals surface area contributed by atoms with E-state index in [4.69, 9.17) is 27.9 Å². The van der Waals surface area contributed by atoms with Crippen LogP contribution in [0.5, 0.6) is 5.75 Å². The first-order valence-corrected chi connectivity index (χ1v) is 9.68. The molecule has 137 valence electrons. The highest BCUT2D eigenvalue weighted by Crippen LogP contribution is 2.28. The number of benzene rings is 3.